The lowest BCUT2D eigenvalue weighted by molar-refractivity contribution is -0.390. The zero-order valence-corrected chi connectivity index (χ0v) is 6.33. The first-order chi connectivity index (χ1) is 6.68. The first kappa shape index (κ1) is 8.10. The van der Waals surface area contributed by atoms with Crippen LogP contribution in [0.5, 0.6) is 0 Å². The van der Waals surface area contributed by atoms with Gasteiger partial charge in [0.05, 0.1) is 0 Å². The van der Waals surface area contributed by atoms with E-state index in [2.05, 4.69) is 29.6 Å². The predicted molar refractivity (Wildman–Crippen MR) is 37.1 cm³/mol. The van der Waals surface area contributed by atoms with Crippen LogP contribution in [0.1, 0.15) is 0 Å². The third-order valence-corrected chi connectivity index (χ3v) is 1.31. The molecule has 0 aromatic carbocycles. The minimum atomic E-state index is -0.850. The summed E-state index contributed by atoms with van der Waals surface area (Å²) in [6, 6.07) is 0. The molecule has 0 unspecified atom stereocenters. The molecule has 0 spiro atoms. The van der Waals surface area contributed by atoms with Crippen LogP contribution in [0.2, 0.25) is 0 Å². The summed E-state index contributed by atoms with van der Waals surface area (Å²) in [7, 11) is 0. The van der Waals surface area contributed by atoms with E-state index in [1.165, 1.54) is 0 Å². The van der Waals surface area contributed by atoms with Gasteiger partial charge in [-0.3, -0.25) is 9.51 Å². The van der Waals surface area contributed by atoms with Crippen LogP contribution in [0.25, 0.3) is 11.5 Å². The second-order valence-corrected chi connectivity index (χ2v) is 2.14. The van der Waals surface area contributed by atoms with Gasteiger partial charge in [0.15, 0.2) is 5.16 Å². The highest BCUT2D eigenvalue weighted by atomic mass is 16.6. The molecule has 2 heterocycles. The van der Waals surface area contributed by atoms with Crippen LogP contribution in [0.3, 0.4) is 0 Å². The van der Waals surface area contributed by atoms with E-state index < -0.39 is 16.5 Å². The summed E-state index contributed by atoms with van der Waals surface area (Å²) < 4.78 is 8.26. The SMILES string of the molecule is O=c1[nH]c(-c2nonc2[N+](=O)[O-])no1. The van der Waals surface area contributed by atoms with E-state index in [1.807, 2.05) is 0 Å². The molecule has 0 aliphatic rings. The molecular formula is C4HN5O5. The van der Waals surface area contributed by atoms with E-state index >= 15 is 0 Å². The number of hydrogen-bond acceptors (Lipinski definition) is 8. The van der Waals surface area contributed by atoms with Crippen molar-refractivity contribution in [3.8, 4) is 11.5 Å². The highest BCUT2D eigenvalue weighted by Crippen LogP contribution is 2.20. The first-order valence-electron chi connectivity index (χ1n) is 3.22. The molecule has 0 saturated heterocycles. The van der Waals surface area contributed by atoms with Gasteiger partial charge in [-0.05, 0) is 10.1 Å². The Balaban J connectivity index is 2.56. The van der Waals surface area contributed by atoms with Crippen molar-refractivity contribution >= 4 is 5.82 Å². The summed E-state index contributed by atoms with van der Waals surface area (Å²) >= 11 is 0. The Morgan fingerprint density at radius 1 is 1.36 bits per heavy atom. The van der Waals surface area contributed by atoms with Crippen LogP contribution in [0, 0.1) is 10.1 Å². The fourth-order valence-corrected chi connectivity index (χ4v) is 0.785. The monoisotopic (exact) mass is 199 g/mol. The van der Waals surface area contributed by atoms with E-state index in [1.54, 1.807) is 0 Å². The summed E-state index contributed by atoms with van der Waals surface area (Å²) in [6.07, 6.45) is 0. The van der Waals surface area contributed by atoms with Gasteiger partial charge in [0.2, 0.25) is 5.82 Å². The van der Waals surface area contributed by atoms with E-state index in [-0.39, 0.29) is 11.5 Å². The van der Waals surface area contributed by atoms with Crippen molar-refractivity contribution < 1.29 is 14.1 Å². The highest BCUT2D eigenvalue weighted by Gasteiger charge is 2.26. The lowest BCUT2D eigenvalue weighted by atomic mass is 10.4. The van der Waals surface area contributed by atoms with Gasteiger partial charge in [-0.1, -0.05) is 5.16 Å². The van der Waals surface area contributed by atoms with Crippen molar-refractivity contribution in [2.45, 2.75) is 0 Å². The Kier molecular flexibility index (Phi) is 1.59. The summed E-state index contributed by atoms with van der Waals surface area (Å²) in [5.41, 5.74) is -0.291. The Labute approximate surface area is 73.6 Å². The zero-order valence-electron chi connectivity index (χ0n) is 6.33. The maximum atomic E-state index is 10.5. The summed E-state index contributed by atoms with van der Waals surface area (Å²) in [6.45, 7) is 0. The number of aromatic nitrogens is 4. The average molecular weight is 199 g/mol. The molecule has 0 saturated carbocycles. The van der Waals surface area contributed by atoms with Gasteiger partial charge in [-0.25, -0.2) is 4.79 Å². The second-order valence-electron chi connectivity index (χ2n) is 2.14. The first-order valence-corrected chi connectivity index (χ1v) is 3.22. The van der Waals surface area contributed by atoms with Crippen LogP contribution in [-0.2, 0) is 0 Å². The summed E-state index contributed by atoms with van der Waals surface area (Å²) in [5.74, 6) is -1.70. The lowest BCUT2D eigenvalue weighted by Crippen LogP contribution is -1.96. The Bertz CT molecular complexity index is 522. The van der Waals surface area contributed by atoms with Crippen LogP contribution >= 0.6 is 0 Å². The third kappa shape index (κ3) is 1.14. The minimum Gasteiger partial charge on any atom is -0.358 e. The largest absolute Gasteiger partial charge is 0.446 e. The van der Waals surface area contributed by atoms with Crippen LogP contribution in [0.4, 0.5) is 5.82 Å². The number of rotatable bonds is 2. The molecule has 0 radical (unpaired) electrons. The fraction of sp³-hybridized carbons (Fsp3) is 0. The van der Waals surface area contributed by atoms with Gasteiger partial charge >= 0.3 is 11.6 Å². The second kappa shape index (κ2) is 2.76. The molecule has 72 valence electrons. The predicted octanol–water partition coefficient (Wildman–Crippen LogP) is -0.679. The number of nitro groups is 1. The molecule has 2 aromatic rings. The van der Waals surface area contributed by atoms with Gasteiger partial charge in [-0.15, -0.1) is 4.63 Å². The molecule has 0 atom stereocenters. The molecule has 0 aliphatic carbocycles. The molecule has 0 amide bonds. The number of hydrogen-bond donors (Lipinski definition) is 1. The molecule has 1 N–H and O–H groups in total. The molecule has 0 aliphatic heterocycles. The molecule has 0 fully saturated rings. The van der Waals surface area contributed by atoms with Crippen molar-refractivity contribution in [3.05, 3.63) is 20.7 Å². The summed E-state index contributed by atoms with van der Waals surface area (Å²) in [4.78, 5) is 22.1. The standard InChI is InChI=1S/C4HN5O5/c10-4-5-2(7-13-4)1-3(9(11)12)8-14-6-1/h(H,5,7,10). The van der Waals surface area contributed by atoms with E-state index in [0.29, 0.717) is 0 Å². The topological polar surface area (TPSA) is 141 Å². The van der Waals surface area contributed by atoms with Crippen molar-refractivity contribution in [1.29, 1.82) is 0 Å². The van der Waals surface area contributed by atoms with E-state index in [9.17, 15) is 14.9 Å². The molecule has 10 nitrogen and oxygen atoms in total. The Morgan fingerprint density at radius 3 is 2.71 bits per heavy atom. The minimum absolute atomic E-state index is 0.206. The number of nitrogens with zero attached hydrogens (tertiary/aromatic N) is 4. The number of nitrogens with one attached hydrogen (secondary N) is 1. The fourth-order valence-electron chi connectivity index (χ4n) is 0.785. The van der Waals surface area contributed by atoms with Gasteiger partial charge in [0.25, 0.3) is 5.69 Å². The van der Waals surface area contributed by atoms with Gasteiger partial charge in [0.1, 0.15) is 0 Å². The number of H-pyrrole nitrogens is 1. The van der Waals surface area contributed by atoms with Crippen molar-refractivity contribution in [2.75, 3.05) is 0 Å². The van der Waals surface area contributed by atoms with E-state index in [0.717, 1.165) is 0 Å². The zero-order chi connectivity index (χ0) is 10.1. The van der Waals surface area contributed by atoms with Crippen LogP contribution < -0.4 is 5.76 Å². The van der Waals surface area contributed by atoms with Crippen LogP contribution in [-0.4, -0.2) is 25.4 Å². The lowest BCUT2D eigenvalue weighted by Gasteiger charge is -1.85. The molecule has 14 heavy (non-hydrogen) atoms. The van der Waals surface area contributed by atoms with Crippen molar-refractivity contribution in [2.24, 2.45) is 0 Å². The average Bonchev–Trinajstić information content (AvgIpc) is 2.70. The Morgan fingerprint density at radius 2 is 2.14 bits per heavy atom. The Hall–Kier alpha value is -2.52. The van der Waals surface area contributed by atoms with Crippen LogP contribution in [0.15, 0.2) is 13.9 Å². The maximum Gasteiger partial charge on any atom is 0.446 e. The quantitative estimate of drug-likeness (QED) is 0.495. The maximum absolute atomic E-state index is 10.5. The van der Waals surface area contributed by atoms with Crippen molar-refractivity contribution in [1.82, 2.24) is 20.5 Å². The number of aromatic amines is 1. The summed E-state index contributed by atoms with van der Waals surface area (Å²) in [5, 5.41) is 19.8. The molecular weight excluding hydrogens is 198 g/mol. The molecule has 2 aromatic heterocycles. The van der Waals surface area contributed by atoms with Gasteiger partial charge in [-0.2, -0.15) is 0 Å². The van der Waals surface area contributed by atoms with Crippen molar-refractivity contribution in [3.63, 3.8) is 0 Å². The molecule has 0 bridgehead atoms. The normalized spacial score (nSPS) is 10.3. The highest BCUT2D eigenvalue weighted by molar-refractivity contribution is 5.57. The smallest absolute Gasteiger partial charge is 0.358 e. The third-order valence-electron chi connectivity index (χ3n) is 1.31. The van der Waals surface area contributed by atoms with E-state index in [4.69, 9.17) is 0 Å². The van der Waals surface area contributed by atoms with Gasteiger partial charge in [0, 0.05) is 0 Å². The molecule has 10 heteroatoms. The molecule has 2 rings (SSSR count). The van der Waals surface area contributed by atoms with Gasteiger partial charge < -0.3 is 10.1 Å².